The van der Waals surface area contributed by atoms with Gasteiger partial charge in [0, 0.05) is 16.7 Å². The lowest BCUT2D eigenvalue weighted by molar-refractivity contribution is 0.155. The molecule has 0 heterocycles. The van der Waals surface area contributed by atoms with Gasteiger partial charge in [-0.25, -0.2) is 0 Å². The summed E-state index contributed by atoms with van der Waals surface area (Å²) < 4.78 is 0. The van der Waals surface area contributed by atoms with Crippen LogP contribution >= 0.6 is 18.9 Å². The van der Waals surface area contributed by atoms with Crippen molar-refractivity contribution >= 4 is 40.9 Å². The number of benzene rings is 5. The molecule has 5 rings (SSSR count). The van der Waals surface area contributed by atoms with E-state index >= 15 is 0 Å². The van der Waals surface area contributed by atoms with E-state index in [1.807, 2.05) is 72.8 Å². The molecule has 2 N–H and O–H groups in total. The summed E-state index contributed by atoms with van der Waals surface area (Å²) in [6, 6.07) is 49.3. The van der Waals surface area contributed by atoms with Gasteiger partial charge in [0.25, 0.3) is 0 Å². The van der Waals surface area contributed by atoms with Crippen LogP contribution in [-0.2, 0) is 0 Å². The Morgan fingerprint density at radius 2 is 1.00 bits per heavy atom. The number of aliphatic hydroxyl groups is 1. The van der Waals surface area contributed by atoms with Crippen LogP contribution in [0.5, 0.6) is 0 Å². The van der Waals surface area contributed by atoms with Gasteiger partial charge in [-0.05, 0) is 54.1 Å². The SMILES string of the molecule is O[C@H](N/C(=C/c1ccc(Cl)cc1)[P+](c1ccccc1)(c1ccccc1)c1ccccc1)c1ccccc1. The molecule has 0 saturated heterocycles. The molecule has 1 atom stereocenters. The summed E-state index contributed by atoms with van der Waals surface area (Å²) >= 11 is 6.22. The first-order chi connectivity index (χ1) is 18.2. The largest absolute Gasteiger partial charge is 0.369 e. The fourth-order valence-electron chi connectivity index (χ4n) is 4.63. The smallest absolute Gasteiger partial charge is 0.175 e. The minimum Gasteiger partial charge on any atom is -0.369 e. The maximum atomic E-state index is 11.5. The van der Waals surface area contributed by atoms with E-state index < -0.39 is 13.5 Å². The average molecular weight is 521 g/mol. The summed E-state index contributed by atoms with van der Waals surface area (Å²) in [6.45, 7) is 0. The molecule has 2 nitrogen and oxygen atoms in total. The van der Waals surface area contributed by atoms with E-state index in [1.54, 1.807) is 0 Å². The molecule has 0 aromatic heterocycles. The summed E-state index contributed by atoms with van der Waals surface area (Å²) in [6.07, 6.45) is 1.26. The molecule has 0 bridgehead atoms. The zero-order valence-corrected chi connectivity index (χ0v) is 21.9. The molecule has 0 fully saturated rings. The molecule has 0 aliphatic rings. The number of aliphatic hydroxyl groups excluding tert-OH is 1. The van der Waals surface area contributed by atoms with Crippen molar-refractivity contribution in [3.63, 3.8) is 0 Å². The molecule has 0 spiro atoms. The third-order valence-corrected chi connectivity index (χ3v) is 10.8. The number of halogens is 1. The van der Waals surface area contributed by atoms with Crippen molar-refractivity contribution in [3.05, 3.63) is 167 Å². The van der Waals surface area contributed by atoms with Crippen LogP contribution in [0.3, 0.4) is 0 Å². The quantitative estimate of drug-likeness (QED) is 0.172. The summed E-state index contributed by atoms with van der Waals surface area (Å²) in [5.74, 6) is 0. The Morgan fingerprint density at radius 3 is 1.43 bits per heavy atom. The Morgan fingerprint density at radius 1 is 0.595 bits per heavy atom. The molecule has 0 unspecified atom stereocenters. The highest BCUT2D eigenvalue weighted by Gasteiger charge is 2.50. The fraction of sp³-hybridized carbons (Fsp3) is 0.0303. The van der Waals surface area contributed by atoms with Crippen LogP contribution in [-0.4, -0.2) is 5.11 Å². The summed E-state index contributed by atoms with van der Waals surface area (Å²) in [5, 5.41) is 19.3. The number of hydrogen-bond donors (Lipinski definition) is 2. The van der Waals surface area contributed by atoms with Gasteiger partial charge in [0.05, 0.1) is 0 Å². The highest BCUT2D eigenvalue weighted by molar-refractivity contribution is 7.99. The van der Waals surface area contributed by atoms with Crippen molar-refractivity contribution in [2.45, 2.75) is 6.23 Å². The molecular formula is C33H28ClNOP+. The van der Waals surface area contributed by atoms with Crippen molar-refractivity contribution < 1.29 is 5.11 Å². The zero-order chi connectivity index (χ0) is 25.5. The van der Waals surface area contributed by atoms with E-state index in [0.717, 1.165) is 16.6 Å². The van der Waals surface area contributed by atoms with Gasteiger partial charge >= 0.3 is 0 Å². The molecule has 0 aliphatic carbocycles. The van der Waals surface area contributed by atoms with Gasteiger partial charge in [0.1, 0.15) is 15.9 Å². The van der Waals surface area contributed by atoms with Gasteiger partial charge in [-0.15, -0.1) is 0 Å². The number of rotatable bonds is 8. The van der Waals surface area contributed by atoms with Crippen LogP contribution in [0.4, 0.5) is 0 Å². The highest BCUT2D eigenvalue weighted by atomic mass is 35.5. The van der Waals surface area contributed by atoms with E-state index in [2.05, 4.69) is 84.2 Å². The van der Waals surface area contributed by atoms with Gasteiger partial charge in [-0.3, -0.25) is 0 Å². The normalized spacial score (nSPS) is 12.6. The molecule has 37 heavy (non-hydrogen) atoms. The van der Waals surface area contributed by atoms with Crippen molar-refractivity contribution in [2.24, 2.45) is 0 Å². The van der Waals surface area contributed by atoms with Crippen LogP contribution in [0.15, 0.2) is 151 Å². The molecule has 0 aliphatic heterocycles. The number of nitrogens with one attached hydrogen (secondary N) is 1. The Hall–Kier alpha value is -3.68. The van der Waals surface area contributed by atoms with E-state index in [1.165, 1.54) is 15.9 Å². The average Bonchev–Trinajstić information content (AvgIpc) is 2.97. The Labute approximate surface area is 224 Å². The molecule has 0 amide bonds. The minimum absolute atomic E-state index is 0.686. The third-order valence-electron chi connectivity index (χ3n) is 6.37. The van der Waals surface area contributed by atoms with Crippen molar-refractivity contribution in [2.75, 3.05) is 0 Å². The van der Waals surface area contributed by atoms with Gasteiger partial charge in [0.15, 0.2) is 18.9 Å². The predicted octanol–water partition coefficient (Wildman–Crippen LogP) is 6.91. The van der Waals surface area contributed by atoms with Gasteiger partial charge in [-0.1, -0.05) is 109 Å². The summed E-state index contributed by atoms with van der Waals surface area (Å²) in [7, 11) is -2.46. The molecule has 0 saturated carbocycles. The summed E-state index contributed by atoms with van der Waals surface area (Å²) in [5.41, 5.74) is 2.76. The van der Waals surface area contributed by atoms with Gasteiger partial charge < -0.3 is 10.4 Å². The van der Waals surface area contributed by atoms with Crippen molar-refractivity contribution in [3.8, 4) is 0 Å². The lowest BCUT2D eigenvalue weighted by atomic mass is 10.2. The Balaban J connectivity index is 1.82. The van der Waals surface area contributed by atoms with Crippen LogP contribution in [0.2, 0.25) is 5.02 Å². The van der Waals surface area contributed by atoms with Crippen molar-refractivity contribution in [1.82, 2.24) is 5.32 Å². The first kappa shape index (κ1) is 25.0. The zero-order valence-electron chi connectivity index (χ0n) is 20.3. The van der Waals surface area contributed by atoms with E-state index in [0.29, 0.717) is 5.02 Å². The first-order valence-electron chi connectivity index (χ1n) is 12.2. The topological polar surface area (TPSA) is 32.3 Å². The first-order valence-corrected chi connectivity index (χ1v) is 14.4. The van der Waals surface area contributed by atoms with E-state index in [4.69, 9.17) is 11.6 Å². The maximum absolute atomic E-state index is 11.5. The lowest BCUT2D eigenvalue weighted by Crippen LogP contribution is -2.37. The van der Waals surface area contributed by atoms with E-state index in [-0.39, 0.29) is 0 Å². The third kappa shape index (κ3) is 5.38. The Bertz CT molecular complexity index is 1340. The molecule has 5 aromatic rings. The number of hydrogen-bond acceptors (Lipinski definition) is 2. The molecule has 0 radical (unpaired) electrons. The molecule has 5 aromatic carbocycles. The monoisotopic (exact) mass is 520 g/mol. The van der Waals surface area contributed by atoms with Crippen LogP contribution in [0.25, 0.3) is 6.08 Å². The van der Waals surface area contributed by atoms with Gasteiger partial charge in [0.2, 0.25) is 0 Å². The van der Waals surface area contributed by atoms with Crippen LogP contribution < -0.4 is 21.2 Å². The van der Waals surface area contributed by atoms with Gasteiger partial charge in [-0.2, -0.15) is 0 Å². The molecule has 182 valence electrons. The second-order valence-electron chi connectivity index (χ2n) is 8.72. The lowest BCUT2D eigenvalue weighted by Gasteiger charge is -2.31. The van der Waals surface area contributed by atoms with E-state index in [9.17, 15) is 5.11 Å². The second-order valence-corrected chi connectivity index (χ2v) is 12.5. The van der Waals surface area contributed by atoms with Crippen molar-refractivity contribution in [1.29, 1.82) is 0 Å². The molecule has 4 heteroatoms. The highest BCUT2D eigenvalue weighted by Crippen LogP contribution is 2.62. The predicted molar refractivity (Wildman–Crippen MR) is 159 cm³/mol. The summed E-state index contributed by atoms with van der Waals surface area (Å²) in [4.78, 5) is 0. The maximum Gasteiger partial charge on any atom is 0.175 e. The fourth-order valence-corrected chi connectivity index (χ4v) is 9.00. The minimum atomic E-state index is -2.46. The Kier molecular flexibility index (Phi) is 7.82. The molecular weight excluding hydrogens is 493 g/mol. The van der Waals surface area contributed by atoms with Crippen LogP contribution in [0, 0.1) is 0 Å². The second kappa shape index (κ2) is 11.6. The standard InChI is InChI=1S/C33H28ClNOP/c34-28-23-21-26(22-24-28)25-32(35-33(36)27-13-5-1-6-14-27)37(29-15-7-2-8-16-29,30-17-9-3-10-18-30)31-19-11-4-12-20-31/h1-25,33,35-36H/q+1/b32-25-/t33-/m0/s1. The van der Waals surface area contributed by atoms with Crippen LogP contribution in [0.1, 0.15) is 17.4 Å².